The van der Waals surface area contributed by atoms with Crippen LogP contribution in [0.15, 0.2) is 12.2 Å². The fourth-order valence-corrected chi connectivity index (χ4v) is 13.5. The van der Waals surface area contributed by atoms with Crippen LogP contribution >= 0.6 is 0 Å². The molecule has 0 aliphatic carbocycles. The van der Waals surface area contributed by atoms with Crippen molar-refractivity contribution >= 4 is 11.9 Å². The first-order valence-electron chi connectivity index (χ1n) is 41.5. The minimum atomic E-state index is -0.840. The van der Waals surface area contributed by atoms with Crippen molar-refractivity contribution in [3.05, 3.63) is 12.2 Å². The summed E-state index contributed by atoms with van der Waals surface area (Å²) in [4.78, 5) is 24.6. The van der Waals surface area contributed by atoms with E-state index in [-0.39, 0.29) is 18.5 Å². The Morgan fingerprint density at radius 1 is 0.303 bits per heavy atom. The minimum absolute atomic E-state index is 0.0286. The molecule has 0 radical (unpaired) electrons. The van der Waals surface area contributed by atoms with Crippen molar-refractivity contribution in [1.29, 1.82) is 0 Å². The highest BCUT2D eigenvalue weighted by molar-refractivity contribution is 5.76. The summed E-state index contributed by atoms with van der Waals surface area (Å²) in [6.45, 7) is 4.97. The lowest BCUT2D eigenvalue weighted by Crippen LogP contribution is -2.45. The fraction of sp³-hybridized carbons (Fsp3) is 0.952. The van der Waals surface area contributed by atoms with Gasteiger partial charge in [0, 0.05) is 12.8 Å². The zero-order chi connectivity index (χ0) is 64.2. The number of ether oxygens (including phenoxy) is 1. The molecule has 0 aromatic rings. The molecule has 0 rings (SSSR count). The Hall–Kier alpha value is -1.40. The molecule has 0 fully saturated rings. The van der Waals surface area contributed by atoms with Crippen LogP contribution in [0.5, 0.6) is 0 Å². The zero-order valence-electron chi connectivity index (χ0n) is 61.0. The molecule has 0 saturated heterocycles. The Morgan fingerprint density at radius 3 is 0.764 bits per heavy atom. The fourth-order valence-electron chi connectivity index (χ4n) is 13.5. The summed E-state index contributed by atoms with van der Waals surface area (Å²) in [6, 6.07) is -0.623. The second kappa shape index (κ2) is 79.0. The molecular formula is C83H163NO5. The quantitative estimate of drug-likeness (QED) is 0.0320. The second-order valence-electron chi connectivity index (χ2n) is 28.8. The average molecular weight is 1260 g/mol. The Bertz CT molecular complexity index is 1350. The number of nitrogens with one attached hydrogen (secondary N) is 1. The van der Waals surface area contributed by atoms with E-state index < -0.39 is 12.1 Å². The number of carbonyl (C=O) groups is 2. The molecule has 0 saturated carbocycles. The lowest BCUT2D eigenvalue weighted by atomic mass is 10.0. The summed E-state index contributed by atoms with van der Waals surface area (Å²) in [5.41, 5.74) is 0. The number of hydrogen-bond acceptors (Lipinski definition) is 5. The van der Waals surface area contributed by atoms with Gasteiger partial charge in [0.05, 0.1) is 25.4 Å². The van der Waals surface area contributed by atoms with Gasteiger partial charge in [-0.1, -0.05) is 450 Å². The van der Waals surface area contributed by atoms with Gasteiger partial charge >= 0.3 is 5.97 Å². The SMILES string of the molecule is CCCCCCCCCCCCCCCCC/C=C/C(O)C(CO)NC(=O)CCCCCCCCCCCCCCCCCCCCCCCCCCCCCCCCCCCCCCCCCOC(=O)CCCCCCCCCCCCCCCCCC. The molecule has 6 heteroatoms. The van der Waals surface area contributed by atoms with Crippen molar-refractivity contribution < 1.29 is 24.5 Å². The molecular weight excluding hydrogens is 1090 g/mol. The van der Waals surface area contributed by atoms with Crippen molar-refractivity contribution in [3.63, 3.8) is 0 Å². The molecule has 530 valence electrons. The van der Waals surface area contributed by atoms with Crippen LogP contribution in [-0.4, -0.2) is 47.4 Å². The number of allylic oxidation sites excluding steroid dienone is 1. The minimum Gasteiger partial charge on any atom is -0.466 e. The van der Waals surface area contributed by atoms with Gasteiger partial charge in [0.1, 0.15) is 0 Å². The van der Waals surface area contributed by atoms with Gasteiger partial charge in [0.25, 0.3) is 0 Å². The first-order chi connectivity index (χ1) is 44.0. The van der Waals surface area contributed by atoms with E-state index >= 15 is 0 Å². The Kier molecular flexibility index (Phi) is 77.8. The van der Waals surface area contributed by atoms with Crippen LogP contribution in [0.4, 0.5) is 0 Å². The first kappa shape index (κ1) is 87.6. The van der Waals surface area contributed by atoms with Crippen LogP contribution in [-0.2, 0) is 14.3 Å². The van der Waals surface area contributed by atoms with Gasteiger partial charge in [-0.3, -0.25) is 9.59 Å². The van der Waals surface area contributed by atoms with Crippen LogP contribution in [0.25, 0.3) is 0 Å². The molecule has 0 aliphatic rings. The Balaban J connectivity index is 3.29. The predicted octanol–water partition coefficient (Wildman–Crippen LogP) is 27.4. The van der Waals surface area contributed by atoms with Crippen molar-refractivity contribution in [3.8, 4) is 0 Å². The van der Waals surface area contributed by atoms with E-state index in [9.17, 15) is 19.8 Å². The van der Waals surface area contributed by atoms with Crippen LogP contribution in [0.1, 0.15) is 483 Å². The summed E-state index contributed by atoms with van der Waals surface area (Å²) < 4.78 is 5.52. The van der Waals surface area contributed by atoms with Gasteiger partial charge < -0.3 is 20.3 Å². The van der Waals surface area contributed by atoms with Gasteiger partial charge in [0.15, 0.2) is 0 Å². The number of unbranched alkanes of at least 4 members (excludes halogenated alkanes) is 68. The lowest BCUT2D eigenvalue weighted by molar-refractivity contribution is -0.143. The van der Waals surface area contributed by atoms with E-state index in [0.29, 0.717) is 19.4 Å². The lowest BCUT2D eigenvalue weighted by Gasteiger charge is -2.20. The summed E-state index contributed by atoms with van der Waals surface area (Å²) in [6.07, 6.45) is 101. The van der Waals surface area contributed by atoms with Gasteiger partial charge in [-0.15, -0.1) is 0 Å². The third-order valence-electron chi connectivity index (χ3n) is 19.8. The van der Waals surface area contributed by atoms with Gasteiger partial charge in [-0.05, 0) is 32.1 Å². The smallest absolute Gasteiger partial charge is 0.305 e. The molecule has 1 amide bonds. The topological polar surface area (TPSA) is 95.9 Å². The van der Waals surface area contributed by atoms with E-state index in [1.54, 1.807) is 6.08 Å². The molecule has 3 N–H and O–H groups in total. The summed E-state index contributed by atoms with van der Waals surface area (Å²) in [5.74, 6) is -0.0289. The first-order valence-corrected chi connectivity index (χ1v) is 41.5. The highest BCUT2D eigenvalue weighted by Crippen LogP contribution is 2.21. The molecule has 2 atom stereocenters. The highest BCUT2D eigenvalue weighted by Gasteiger charge is 2.18. The zero-order valence-corrected chi connectivity index (χ0v) is 61.0. The van der Waals surface area contributed by atoms with Crippen molar-refractivity contribution in [1.82, 2.24) is 5.32 Å². The standard InChI is InChI=1S/C83H163NO5/c1-3-5-7-9-11-13-15-17-19-44-47-51-55-59-63-67-71-75-81(86)80(79-85)84-82(87)76-72-68-64-60-56-52-48-45-42-40-38-36-34-32-30-28-26-24-22-21-23-25-27-29-31-33-35-37-39-41-43-46-50-54-58-62-66-70-74-78-89-83(88)77-73-69-65-61-57-53-49-20-18-16-14-12-10-8-6-4-2/h71,75,80-81,85-86H,3-70,72-74,76-79H2,1-2H3,(H,84,87)/b75-71+. The number of aliphatic hydroxyl groups excluding tert-OH is 2. The summed E-state index contributed by atoms with van der Waals surface area (Å²) >= 11 is 0. The molecule has 0 aliphatic heterocycles. The van der Waals surface area contributed by atoms with E-state index in [2.05, 4.69) is 19.2 Å². The van der Waals surface area contributed by atoms with Crippen molar-refractivity contribution in [2.45, 2.75) is 495 Å². The maximum absolute atomic E-state index is 12.5. The predicted molar refractivity (Wildman–Crippen MR) is 394 cm³/mol. The summed E-state index contributed by atoms with van der Waals surface area (Å²) in [7, 11) is 0. The van der Waals surface area contributed by atoms with Gasteiger partial charge in [0.2, 0.25) is 5.91 Å². The maximum Gasteiger partial charge on any atom is 0.305 e. The molecule has 0 aromatic carbocycles. The number of carbonyl (C=O) groups excluding carboxylic acids is 2. The normalized spacial score (nSPS) is 12.4. The molecule has 0 bridgehead atoms. The summed E-state index contributed by atoms with van der Waals surface area (Å²) in [5, 5.41) is 23.2. The van der Waals surface area contributed by atoms with Crippen LogP contribution in [0, 0.1) is 0 Å². The monoisotopic (exact) mass is 1250 g/mol. The van der Waals surface area contributed by atoms with E-state index in [0.717, 1.165) is 38.5 Å². The third-order valence-corrected chi connectivity index (χ3v) is 19.8. The van der Waals surface area contributed by atoms with E-state index in [4.69, 9.17) is 4.74 Å². The maximum atomic E-state index is 12.5. The van der Waals surface area contributed by atoms with E-state index in [1.165, 1.54) is 417 Å². The van der Waals surface area contributed by atoms with Crippen molar-refractivity contribution in [2.24, 2.45) is 0 Å². The van der Waals surface area contributed by atoms with E-state index in [1.807, 2.05) is 6.08 Å². The highest BCUT2D eigenvalue weighted by atomic mass is 16.5. The number of rotatable bonds is 79. The van der Waals surface area contributed by atoms with Crippen LogP contribution in [0.2, 0.25) is 0 Å². The van der Waals surface area contributed by atoms with Gasteiger partial charge in [-0.2, -0.15) is 0 Å². The Morgan fingerprint density at radius 2 is 0.517 bits per heavy atom. The Labute approximate surface area is 559 Å². The van der Waals surface area contributed by atoms with Gasteiger partial charge in [-0.25, -0.2) is 0 Å². The average Bonchev–Trinajstić information content (AvgIpc) is 3.62. The van der Waals surface area contributed by atoms with Crippen LogP contribution < -0.4 is 5.32 Å². The number of esters is 1. The molecule has 0 spiro atoms. The second-order valence-corrected chi connectivity index (χ2v) is 28.8. The number of amides is 1. The molecule has 6 nitrogen and oxygen atoms in total. The molecule has 0 heterocycles. The third kappa shape index (κ3) is 75.5. The number of aliphatic hydroxyl groups is 2. The molecule has 2 unspecified atom stereocenters. The molecule has 0 aromatic heterocycles. The number of hydrogen-bond donors (Lipinski definition) is 3. The largest absolute Gasteiger partial charge is 0.466 e. The van der Waals surface area contributed by atoms with Crippen LogP contribution in [0.3, 0.4) is 0 Å². The van der Waals surface area contributed by atoms with Crippen molar-refractivity contribution in [2.75, 3.05) is 13.2 Å². The molecule has 89 heavy (non-hydrogen) atoms.